The molecular formula is C8H13F3N2OS. The summed E-state index contributed by atoms with van der Waals surface area (Å²) in [4.78, 5) is 1.18. The number of hydrogen-bond acceptors (Lipinski definition) is 3. The molecule has 0 radical (unpaired) electrons. The molecule has 0 amide bonds. The molecule has 7 heteroatoms. The van der Waals surface area contributed by atoms with Crippen LogP contribution in [0, 0.1) is 5.92 Å². The summed E-state index contributed by atoms with van der Waals surface area (Å²) in [5.74, 6) is -1.72. The summed E-state index contributed by atoms with van der Waals surface area (Å²) >= 11 is 4.43. The Morgan fingerprint density at radius 2 is 1.93 bits per heavy atom. The Kier molecular flexibility index (Phi) is 4.30. The van der Waals surface area contributed by atoms with Gasteiger partial charge >= 0.3 is 6.18 Å². The number of morpholine rings is 1. The van der Waals surface area contributed by atoms with E-state index in [4.69, 9.17) is 10.5 Å². The van der Waals surface area contributed by atoms with Gasteiger partial charge < -0.3 is 10.5 Å². The lowest BCUT2D eigenvalue weighted by atomic mass is 10.1. The quantitative estimate of drug-likeness (QED) is 0.742. The van der Waals surface area contributed by atoms with Gasteiger partial charge in [0, 0.05) is 19.6 Å². The third-order valence-corrected chi connectivity index (χ3v) is 2.57. The highest BCUT2D eigenvalue weighted by atomic mass is 32.1. The molecule has 1 aliphatic rings. The third kappa shape index (κ3) is 3.92. The molecule has 88 valence electrons. The van der Waals surface area contributed by atoms with Gasteiger partial charge in [-0.2, -0.15) is 13.2 Å². The van der Waals surface area contributed by atoms with Gasteiger partial charge in [-0.3, -0.25) is 4.90 Å². The van der Waals surface area contributed by atoms with Crippen LogP contribution >= 0.6 is 12.2 Å². The van der Waals surface area contributed by atoms with E-state index in [1.165, 1.54) is 0 Å². The van der Waals surface area contributed by atoms with Gasteiger partial charge in [-0.25, -0.2) is 0 Å². The van der Waals surface area contributed by atoms with Crippen LogP contribution in [0.1, 0.15) is 0 Å². The number of rotatable bonds is 3. The van der Waals surface area contributed by atoms with E-state index in [9.17, 15) is 13.2 Å². The zero-order chi connectivity index (χ0) is 11.5. The number of nitrogens with zero attached hydrogens (tertiary/aromatic N) is 1. The first-order valence-corrected chi connectivity index (χ1v) is 4.98. The second kappa shape index (κ2) is 5.09. The molecule has 0 saturated carbocycles. The molecule has 1 rings (SSSR count). The van der Waals surface area contributed by atoms with Crippen molar-refractivity contribution in [1.82, 2.24) is 4.90 Å². The van der Waals surface area contributed by atoms with Gasteiger partial charge in [0.2, 0.25) is 0 Å². The summed E-state index contributed by atoms with van der Waals surface area (Å²) in [7, 11) is 0. The fourth-order valence-corrected chi connectivity index (χ4v) is 1.60. The molecular weight excluding hydrogens is 229 g/mol. The topological polar surface area (TPSA) is 38.5 Å². The van der Waals surface area contributed by atoms with E-state index in [1.807, 2.05) is 0 Å². The van der Waals surface area contributed by atoms with Crippen LogP contribution in [0.4, 0.5) is 13.2 Å². The number of nitrogens with two attached hydrogens (primary N) is 1. The van der Waals surface area contributed by atoms with Crippen molar-refractivity contribution < 1.29 is 17.9 Å². The van der Waals surface area contributed by atoms with Crippen molar-refractivity contribution in [1.29, 1.82) is 0 Å². The largest absolute Gasteiger partial charge is 0.399 e. The minimum atomic E-state index is -4.36. The minimum Gasteiger partial charge on any atom is -0.393 e. The second-order valence-electron chi connectivity index (χ2n) is 3.41. The summed E-state index contributed by atoms with van der Waals surface area (Å²) < 4.78 is 42.5. The maximum Gasteiger partial charge on any atom is 0.399 e. The maximum absolute atomic E-state index is 12.5. The monoisotopic (exact) mass is 242 g/mol. The van der Waals surface area contributed by atoms with Crippen molar-refractivity contribution in [2.75, 3.05) is 32.8 Å². The van der Waals surface area contributed by atoms with Crippen LogP contribution in [0.25, 0.3) is 0 Å². The lowest BCUT2D eigenvalue weighted by Gasteiger charge is -2.30. The van der Waals surface area contributed by atoms with Gasteiger partial charge in [0.25, 0.3) is 0 Å². The Bertz CT molecular complexity index is 228. The van der Waals surface area contributed by atoms with E-state index in [-0.39, 0.29) is 6.54 Å². The van der Waals surface area contributed by atoms with Crippen LogP contribution in [-0.4, -0.2) is 48.9 Å². The molecule has 1 heterocycles. The number of halogens is 3. The molecule has 0 aromatic heterocycles. The molecule has 1 aliphatic heterocycles. The molecule has 0 bridgehead atoms. The normalized spacial score (nSPS) is 21.3. The van der Waals surface area contributed by atoms with E-state index >= 15 is 0 Å². The van der Waals surface area contributed by atoms with Gasteiger partial charge in [0.05, 0.1) is 18.2 Å². The number of hydrogen-bond donors (Lipinski definition) is 1. The van der Waals surface area contributed by atoms with Gasteiger partial charge in [-0.1, -0.05) is 12.2 Å². The summed E-state index contributed by atoms with van der Waals surface area (Å²) in [5, 5.41) is 0. The molecule has 3 nitrogen and oxygen atoms in total. The average molecular weight is 242 g/mol. The zero-order valence-corrected chi connectivity index (χ0v) is 8.90. The van der Waals surface area contributed by atoms with Gasteiger partial charge in [-0.15, -0.1) is 0 Å². The van der Waals surface area contributed by atoms with Crippen LogP contribution in [0.3, 0.4) is 0 Å². The highest BCUT2D eigenvalue weighted by Gasteiger charge is 2.42. The van der Waals surface area contributed by atoms with Crippen LogP contribution in [0.5, 0.6) is 0 Å². The molecule has 1 unspecified atom stereocenters. The lowest BCUT2D eigenvalue weighted by Crippen LogP contribution is -2.47. The fourth-order valence-electron chi connectivity index (χ4n) is 1.40. The van der Waals surface area contributed by atoms with Crippen LogP contribution in [-0.2, 0) is 4.74 Å². The Morgan fingerprint density at radius 1 is 1.40 bits per heavy atom. The molecule has 0 aromatic rings. The highest BCUT2D eigenvalue weighted by molar-refractivity contribution is 7.80. The Morgan fingerprint density at radius 3 is 2.33 bits per heavy atom. The molecule has 2 N–H and O–H groups in total. The molecule has 0 aromatic carbocycles. The van der Waals surface area contributed by atoms with Crippen LogP contribution < -0.4 is 5.73 Å². The van der Waals surface area contributed by atoms with E-state index in [0.29, 0.717) is 26.3 Å². The van der Waals surface area contributed by atoms with Crippen molar-refractivity contribution in [2.24, 2.45) is 11.7 Å². The van der Waals surface area contributed by atoms with Crippen LogP contribution in [0.15, 0.2) is 0 Å². The third-order valence-electron chi connectivity index (χ3n) is 2.28. The standard InChI is InChI=1S/C8H13F3N2OS/c9-8(10,11)6(7(12)15)5-13-1-3-14-4-2-13/h6H,1-5H2,(H2,12,15). The first kappa shape index (κ1) is 12.7. The zero-order valence-electron chi connectivity index (χ0n) is 8.09. The minimum absolute atomic E-state index is 0.164. The fraction of sp³-hybridized carbons (Fsp3) is 0.875. The number of alkyl halides is 3. The van der Waals surface area contributed by atoms with Gasteiger partial charge in [0.1, 0.15) is 5.92 Å². The number of ether oxygens (including phenoxy) is 1. The first-order valence-electron chi connectivity index (χ1n) is 4.57. The van der Waals surface area contributed by atoms with Crippen molar-refractivity contribution in [3.63, 3.8) is 0 Å². The second-order valence-corrected chi connectivity index (χ2v) is 3.88. The molecule has 1 fully saturated rings. The SMILES string of the molecule is NC(=S)C(CN1CCOCC1)C(F)(F)F. The summed E-state index contributed by atoms with van der Waals surface area (Å²) in [6, 6.07) is 0. The molecule has 0 aliphatic carbocycles. The van der Waals surface area contributed by atoms with Crippen molar-refractivity contribution >= 4 is 17.2 Å². The summed E-state index contributed by atoms with van der Waals surface area (Å²) in [5.41, 5.74) is 5.09. The highest BCUT2D eigenvalue weighted by Crippen LogP contribution is 2.27. The lowest BCUT2D eigenvalue weighted by molar-refractivity contribution is -0.161. The average Bonchev–Trinajstić information content (AvgIpc) is 2.13. The Balaban J connectivity index is 2.54. The van der Waals surface area contributed by atoms with E-state index in [1.54, 1.807) is 4.90 Å². The predicted molar refractivity (Wildman–Crippen MR) is 53.6 cm³/mol. The smallest absolute Gasteiger partial charge is 0.393 e. The summed E-state index contributed by atoms with van der Waals surface area (Å²) in [6.45, 7) is 1.75. The van der Waals surface area contributed by atoms with Crippen molar-refractivity contribution in [2.45, 2.75) is 6.18 Å². The summed E-state index contributed by atoms with van der Waals surface area (Å²) in [6.07, 6.45) is -4.36. The first-order chi connectivity index (χ1) is 6.91. The Labute approximate surface area is 91.4 Å². The maximum atomic E-state index is 12.5. The predicted octanol–water partition coefficient (Wildman–Crippen LogP) is 0.783. The van der Waals surface area contributed by atoms with Crippen molar-refractivity contribution in [3.05, 3.63) is 0 Å². The van der Waals surface area contributed by atoms with Gasteiger partial charge in [-0.05, 0) is 0 Å². The molecule has 0 spiro atoms. The van der Waals surface area contributed by atoms with E-state index in [0.717, 1.165) is 0 Å². The van der Waals surface area contributed by atoms with Crippen molar-refractivity contribution in [3.8, 4) is 0 Å². The molecule has 1 atom stereocenters. The number of thiocarbonyl (C=S) groups is 1. The van der Waals surface area contributed by atoms with Gasteiger partial charge in [0.15, 0.2) is 0 Å². The van der Waals surface area contributed by atoms with E-state index in [2.05, 4.69) is 12.2 Å². The Hall–Kier alpha value is -0.400. The molecule has 15 heavy (non-hydrogen) atoms. The molecule has 1 saturated heterocycles. The van der Waals surface area contributed by atoms with E-state index < -0.39 is 17.1 Å². The van der Waals surface area contributed by atoms with Crippen LogP contribution in [0.2, 0.25) is 0 Å².